The molecule has 3 aromatic rings. The van der Waals surface area contributed by atoms with Crippen molar-refractivity contribution < 1.29 is 9.53 Å². The average molecular weight is 482 g/mol. The Morgan fingerprint density at radius 1 is 1.25 bits per heavy atom. The van der Waals surface area contributed by atoms with Crippen LogP contribution in [0.1, 0.15) is 11.4 Å². The first-order valence-electron chi connectivity index (χ1n) is 8.35. The van der Waals surface area contributed by atoms with Gasteiger partial charge in [0.2, 0.25) is 5.91 Å². The third kappa shape index (κ3) is 5.27. The molecule has 0 fully saturated rings. The molecule has 0 spiro atoms. The molecule has 0 saturated carbocycles. The van der Waals surface area contributed by atoms with Crippen molar-refractivity contribution in [2.75, 3.05) is 18.2 Å². The maximum absolute atomic E-state index is 12.2. The predicted octanol–water partition coefficient (Wildman–Crippen LogP) is 4.56. The number of carbonyl (C=O) groups is 1. The van der Waals surface area contributed by atoms with Crippen LogP contribution in [0.4, 0.5) is 5.69 Å². The van der Waals surface area contributed by atoms with Gasteiger partial charge in [-0.05, 0) is 35.9 Å². The lowest BCUT2D eigenvalue weighted by Gasteiger charge is -2.08. The molecule has 0 atom stereocenters. The molecule has 6 nitrogen and oxygen atoms in total. The number of amides is 1. The zero-order valence-electron chi connectivity index (χ0n) is 15.3. The van der Waals surface area contributed by atoms with Crippen molar-refractivity contribution >= 4 is 50.9 Å². The second kappa shape index (κ2) is 9.45. The van der Waals surface area contributed by atoms with Crippen molar-refractivity contribution in [2.45, 2.75) is 11.6 Å². The molecule has 0 aliphatic carbocycles. The lowest BCUT2D eigenvalue weighted by Crippen LogP contribution is -2.14. The van der Waals surface area contributed by atoms with Crippen molar-refractivity contribution in [1.29, 1.82) is 0 Å². The van der Waals surface area contributed by atoms with Crippen molar-refractivity contribution in [2.24, 2.45) is 7.05 Å². The van der Waals surface area contributed by atoms with Gasteiger partial charge in [-0.1, -0.05) is 51.4 Å². The van der Waals surface area contributed by atoms with Gasteiger partial charge in [-0.25, -0.2) is 0 Å². The number of nitrogens with zero attached hydrogens (tertiary/aromatic N) is 3. The Bertz CT molecular complexity index is 979. The van der Waals surface area contributed by atoms with Gasteiger partial charge < -0.3 is 14.6 Å². The number of halogens is 2. The number of ether oxygens (including phenoxy) is 1. The van der Waals surface area contributed by atoms with Crippen LogP contribution in [0.2, 0.25) is 5.02 Å². The van der Waals surface area contributed by atoms with E-state index in [9.17, 15) is 4.79 Å². The van der Waals surface area contributed by atoms with Gasteiger partial charge in [-0.3, -0.25) is 4.79 Å². The first kappa shape index (κ1) is 20.7. The van der Waals surface area contributed by atoms with Gasteiger partial charge in [0.15, 0.2) is 5.16 Å². The molecule has 2 aromatic carbocycles. The van der Waals surface area contributed by atoms with E-state index in [0.29, 0.717) is 22.3 Å². The van der Waals surface area contributed by atoms with Crippen LogP contribution in [0.15, 0.2) is 52.1 Å². The van der Waals surface area contributed by atoms with Crippen LogP contribution in [-0.2, 0) is 18.3 Å². The number of nitrogens with one attached hydrogen (secondary N) is 1. The maximum Gasteiger partial charge on any atom is 0.234 e. The normalized spacial score (nSPS) is 10.7. The minimum absolute atomic E-state index is 0.158. The standard InChI is InChI=1S/C19H18BrClN4O2S/c1-25-17(9-12-3-6-14(27-2)7-4-12)23-24-19(25)28-11-18(26)22-16-8-5-13(20)10-15(16)21/h3-8,10H,9,11H2,1-2H3,(H,22,26). The lowest BCUT2D eigenvalue weighted by molar-refractivity contribution is -0.113. The third-order valence-corrected chi connectivity index (χ3v) is 5.81. The van der Waals surface area contributed by atoms with E-state index in [2.05, 4.69) is 31.4 Å². The summed E-state index contributed by atoms with van der Waals surface area (Å²) in [6, 6.07) is 13.1. The summed E-state index contributed by atoms with van der Waals surface area (Å²) in [4.78, 5) is 12.2. The summed E-state index contributed by atoms with van der Waals surface area (Å²) in [5, 5.41) is 12.4. The van der Waals surface area contributed by atoms with Crippen LogP contribution in [-0.4, -0.2) is 33.5 Å². The predicted molar refractivity (Wildman–Crippen MR) is 115 cm³/mol. The van der Waals surface area contributed by atoms with Crippen molar-refractivity contribution in [3.8, 4) is 5.75 Å². The third-order valence-electron chi connectivity index (χ3n) is 3.98. The summed E-state index contributed by atoms with van der Waals surface area (Å²) in [5.74, 6) is 1.69. The number of benzene rings is 2. The molecule has 0 bridgehead atoms. The first-order chi connectivity index (χ1) is 13.5. The molecule has 0 aliphatic heterocycles. The zero-order chi connectivity index (χ0) is 20.1. The Hall–Kier alpha value is -2.03. The Balaban J connectivity index is 1.58. The van der Waals surface area contributed by atoms with E-state index < -0.39 is 0 Å². The molecule has 0 radical (unpaired) electrons. The van der Waals surface area contributed by atoms with Crippen LogP contribution in [0.3, 0.4) is 0 Å². The van der Waals surface area contributed by atoms with E-state index in [4.69, 9.17) is 16.3 Å². The minimum atomic E-state index is -0.158. The van der Waals surface area contributed by atoms with Crippen LogP contribution in [0, 0.1) is 0 Å². The van der Waals surface area contributed by atoms with E-state index in [-0.39, 0.29) is 11.7 Å². The molecule has 1 heterocycles. The Kier molecular flexibility index (Phi) is 6.98. The fourth-order valence-electron chi connectivity index (χ4n) is 2.46. The summed E-state index contributed by atoms with van der Waals surface area (Å²) in [7, 11) is 3.53. The topological polar surface area (TPSA) is 69.0 Å². The molecule has 1 aromatic heterocycles. The first-order valence-corrected chi connectivity index (χ1v) is 10.5. The van der Waals surface area contributed by atoms with Gasteiger partial charge >= 0.3 is 0 Å². The monoisotopic (exact) mass is 480 g/mol. The van der Waals surface area contributed by atoms with E-state index in [1.54, 1.807) is 19.2 Å². The van der Waals surface area contributed by atoms with Crippen LogP contribution in [0.5, 0.6) is 5.75 Å². The number of methoxy groups -OCH3 is 1. The smallest absolute Gasteiger partial charge is 0.234 e. The molecular weight excluding hydrogens is 464 g/mol. The van der Waals surface area contributed by atoms with E-state index >= 15 is 0 Å². The average Bonchev–Trinajstić information content (AvgIpc) is 3.02. The summed E-state index contributed by atoms with van der Waals surface area (Å²) in [6.45, 7) is 0. The van der Waals surface area contributed by atoms with Crippen LogP contribution >= 0.6 is 39.3 Å². The van der Waals surface area contributed by atoms with Crippen LogP contribution < -0.4 is 10.1 Å². The van der Waals surface area contributed by atoms with Gasteiger partial charge in [0.05, 0.1) is 23.6 Å². The Labute approximate surface area is 180 Å². The fourth-order valence-corrected chi connectivity index (χ4v) is 3.91. The van der Waals surface area contributed by atoms with Gasteiger partial charge in [0.1, 0.15) is 11.6 Å². The molecule has 9 heteroatoms. The number of hydrogen-bond acceptors (Lipinski definition) is 5. The van der Waals surface area contributed by atoms with Gasteiger partial charge in [-0.2, -0.15) is 0 Å². The number of carbonyl (C=O) groups excluding carboxylic acids is 1. The molecule has 3 rings (SSSR count). The largest absolute Gasteiger partial charge is 0.497 e. The number of thioether (sulfide) groups is 1. The Morgan fingerprint density at radius 3 is 2.68 bits per heavy atom. The molecule has 0 aliphatic rings. The summed E-state index contributed by atoms with van der Waals surface area (Å²) in [5.41, 5.74) is 1.68. The minimum Gasteiger partial charge on any atom is -0.497 e. The summed E-state index contributed by atoms with van der Waals surface area (Å²) < 4.78 is 7.92. The zero-order valence-corrected chi connectivity index (χ0v) is 18.4. The quantitative estimate of drug-likeness (QED) is 0.501. The Morgan fingerprint density at radius 2 is 2.00 bits per heavy atom. The molecule has 0 unspecified atom stereocenters. The second-order valence-corrected chi connectivity index (χ2v) is 8.21. The fraction of sp³-hybridized carbons (Fsp3) is 0.211. The highest BCUT2D eigenvalue weighted by Gasteiger charge is 2.13. The molecule has 1 amide bonds. The molecule has 0 saturated heterocycles. The van der Waals surface area contributed by atoms with E-state index in [0.717, 1.165) is 21.6 Å². The van der Waals surface area contributed by atoms with Crippen molar-refractivity contribution in [3.63, 3.8) is 0 Å². The van der Waals surface area contributed by atoms with Crippen molar-refractivity contribution in [1.82, 2.24) is 14.8 Å². The SMILES string of the molecule is COc1ccc(Cc2nnc(SCC(=O)Nc3ccc(Br)cc3Cl)n2C)cc1. The van der Waals surface area contributed by atoms with Gasteiger partial charge in [0, 0.05) is 17.9 Å². The number of anilines is 1. The van der Waals surface area contributed by atoms with Crippen molar-refractivity contribution in [3.05, 3.63) is 63.3 Å². The highest BCUT2D eigenvalue weighted by Crippen LogP contribution is 2.26. The number of aromatic nitrogens is 3. The van der Waals surface area contributed by atoms with Gasteiger partial charge in [0.25, 0.3) is 0 Å². The summed E-state index contributed by atoms with van der Waals surface area (Å²) in [6.07, 6.45) is 0.648. The van der Waals surface area contributed by atoms with Crippen LogP contribution in [0.25, 0.3) is 0 Å². The van der Waals surface area contributed by atoms with E-state index in [1.807, 2.05) is 41.9 Å². The highest BCUT2D eigenvalue weighted by molar-refractivity contribution is 9.10. The highest BCUT2D eigenvalue weighted by atomic mass is 79.9. The maximum atomic E-state index is 12.2. The van der Waals surface area contributed by atoms with Gasteiger partial charge in [-0.15, -0.1) is 10.2 Å². The second-order valence-electron chi connectivity index (χ2n) is 5.94. The molecule has 146 valence electrons. The number of rotatable bonds is 7. The number of hydrogen-bond donors (Lipinski definition) is 1. The van der Waals surface area contributed by atoms with E-state index in [1.165, 1.54) is 11.8 Å². The molecular formula is C19H18BrClN4O2S. The molecule has 28 heavy (non-hydrogen) atoms. The summed E-state index contributed by atoms with van der Waals surface area (Å²) >= 11 is 10.8. The molecule has 1 N–H and O–H groups in total. The lowest BCUT2D eigenvalue weighted by atomic mass is 10.1.